The second-order valence-corrected chi connectivity index (χ2v) is 10.6. The maximum Gasteiger partial charge on any atom is 0.337 e. The van der Waals surface area contributed by atoms with Gasteiger partial charge >= 0.3 is 5.97 Å². The fraction of sp³-hybridized carbons (Fsp3) is 0.344. The van der Waals surface area contributed by atoms with Crippen molar-refractivity contribution in [2.24, 2.45) is 0 Å². The first kappa shape index (κ1) is 26.9. The van der Waals surface area contributed by atoms with Crippen LogP contribution in [0, 0.1) is 17.1 Å². The van der Waals surface area contributed by atoms with Crippen LogP contribution in [0.3, 0.4) is 0 Å². The molecule has 1 N–H and O–H groups in total. The van der Waals surface area contributed by atoms with Crippen LogP contribution in [0.15, 0.2) is 54.6 Å². The number of hydrogen-bond donors (Lipinski definition) is 1. The minimum absolute atomic E-state index is 0.0939. The first-order valence-electron chi connectivity index (χ1n) is 13.9. The summed E-state index contributed by atoms with van der Waals surface area (Å²) in [6.45, 7) is 2.14. The first-order valence-corrected chi connectivity index (χ1v) is 13.9. The molecule has 9 heteroatoms. The monoisotopic (exact) mass is 554 g/mol. The maximum atomic E-state index is 14.3. The molecular formula is C32H31FN4O4. The molecule has 2 unspecified atom stereocenters. The second kappa shape index (κ2) is 11.7. The van der Waals surface area contributed by atoms with E-state index in [1.54, 1.807) is 18.2 Å². The van der Waals surface area contributed by atoms with E-state index in [-0.39, 0.29) is 30.3 Å². The molecule has 2 heterocycles. The average molecular weight is 555 g/mol. The van der Waals surface area contributed by atoms with Gasteiger partial charge in [-0.05, 0) is 79.3 Å². The van der Waals surface area contributed by atoms with E-state index in [0.717, 1.165) is 49.1 Å². The van der Waals surface area contributed by atoms with Crippen LogP contribution >= 0.6 is 0 Å². The predicted molar refractivity (Wildman–Crippen MR) is 150 cm³/mol. The highest BCUT2D eigenvalue weighted by Gasteiger charge is 2.24. The first-order chi connectivity index (χ1) is 20.0. The Labute approximate surface area is 237 Å². The van der Waals surface area contributed by atoms with Crippen LogP contribution in [0.4, 0.5) is 4.39 Å². The van der Waals surface area contributed by atoms with Gasteiger partial charge in [-0.25, -0.2) is 14.2 Å². The van der Waals surface area contributed by atoms with E-state index in [9.17, 15) is 9.18 Å². The molecule has 0 bridgehead atoms. The molecule has 2 atom stereocenters. The van der Waals surface area contributed by atoms with Gasteiger partial charge in [-0.2, -0.15) is 5.26 Å². The van der Waals surface area contributed by atoms with Crippen LogP contribution in [0.25, 0.3) is 11.0 Å². The molecule has 210 valence electrons. The smallest absolute Gasteiger partial charge is 0.337 e. The molecule has 1 aliphatic carbocycles. The van der Waals surface area contributed by atoms with Crippen LogP contribution in [0.5, 0.6) is 5.75 Å². The second-order valence-electron chi connectivity index (χ2n) is 10.6. The third-order valence-corrected chi connectivity index (χ3v) is 7.96. The van der Waals surface area contributed by atoms with E-state index in [4.69, 9.17) is 24.5 Å². The molecule has 8 nitrogen and oxygen atoms in total. The van der Waals surface area contributed by atoms with Gasteiger partial charge in [0.25, 0.3) is 0 Å². The van der Waals surface area contributed by atoms with Crippen molar-refractivity contribution in [3.8, 4) is 11.8 Å². The molecule has 0 radical (unpaired) electrons. The van der Waals surface area contributed by atoms with E-state index >= 15 is 0 Å². The number of rotatable bonds is 9. The number of nitrogens with one attached hydrogen (secondary N) is 1. The zero-order chi connectivity index (χ0) is 28.3. The van der Waals surface area contributed by atoms with E-state index in [1.165, 1.54) is 24.3 Å². The molecule has 0 amide bonds. The molecule has 4 aromatic rings. The van der Waals surface area contributed by atoms with Gasteiger partial charge < -0.3 is 24.1 Å². The minimum atomic E-state index is -0.442. The van der Waals surface area contributed by atoms with Crippen molar-refractivity contribution in [2.75, 3.05) is 13.7 Å². The Morgan fingerprint density at radius 3 is 2.80 bits per heavy atom. The lowest BCUT2D eigenvalue weighted by Crippen LogP contribution is -2.36. The third-order valence-electron chi connectivity index (χ3n) is 7.96. The van der Waals surface area contributed by atoms with Crippen LogP contribution in [0.2, 0.25) is 0 Å². The Balaban J connectivity index is 1.14. The normalized spacial score (nSPS) is 17.9. The van der Waals surface area contributed by atoms with Crippen molar-refractivity contribution in [1.29, 1.82) is 5.26 Å². The van der Waals surface area contributed by atoms with Crippen LogP contribution in [-0.2, 0) is 42.0 Å². The van der Waals surface area contributed by atoms with E-state index in [2.05, 4.69) is 16.0 Å². The number of aromatic nitrogens is 2. The Kier molecular flexibility index (Phi) is 7.68. The standard InChI is InChI=1S/C32H31FN4O4/c1-39-32(38)22-6-9-29-30(15-22)37(18-27-10-11-40-27)31(36-29)17-35-25-7-4-21-5-8-26(14-24(21)13-25)41-19-23-3-2-20(16-34)12-28(23)33/h2-3,5-6,8-9,12,14-15,25,27,35H,4,7,10-11,13,17-19H2,1H3. The van der Waals surface area contributed by atoms with E-state index in [1.807, 2.05) is 30.3 Å². The summed E-state index contributed by atoms with van der Waals surface area (Å²) in [5.41, 5.74) is 5.44. The van der Waals surface area contributed by atoms with Crippen molar-refractivity contribution in [1.82, 2.24) is 14.9 Å². The Bertz CT molecular complexity index is 1640. The Hall–Kier alpha value is -4.26. The molecule has 1 aromatic heterocycles. The Morgan fingerprint density at radius 1 is 1.17 bits per heavy atom. The molecule has 41 heavy (non-hydrogen) atoms. The lowest BCUT2D eigenvalue weighted by Gasteiger charge is -2.28. The number of hydrogen-bond acceptors (Lipinski definition) is 7. The topological polar surface area (TPSA) is 98.4 Å². The fourth-order valence-electron chi connectivity index (χ4n) is 5.52. The highest BCUT2D eigenvalue weighted by Crippen LogP contribution is 2.28. The van der Waals surface area contributed by atoms with Gasteiger partial charge in [0.2, 0.25) is 0 Å². The summed E-state index contributed by atoms with van der Waals surface area (Å²) in [5.74, 6) is 0.787. The zero-order valence-electron chi connectivity index (χ0n) is 22.9. The fourth-order valence-corrected chi connectivity index (χ4v) is 5.52. The lowest BCUT2D eigenvalue weighted by molar-refractivity contribution is -0.0590. The van der Waals surface area contributed by atoms with Crippen molar-refractivity contribution >= 4 is 17.0 Å². The third kappa shape index (κ3) is 5.80. The van der Waals surface area contributed by atoms with Crippen molar-refractivity contribution in [3.05, 3.63) is 94.1 Å². The van der Waals surface area contributed by atoms with Gasteiger partial charge in [-0.15, -0.1) is 0 Å². The number of fused-ring (bicyclic) bond motifs is 2. The highest BCUT2D eigenvalue weighted by atomic mass is 19.1. The summed E-state index contributed by atoms with van der Waals surface area (Å²) in [7, 11) is 1.38. The molecule has 0 saturated carbocycles. The average Bonchev–Trinajstić information content (AvgIpc) is 3.32. The number of aryl methyl sites for hydroxylation is 1. The van der Waals surface area contributed by atoms with E-state index in [0.29, 0.717) is 30.0 Å². The van der Waals surface area contributed by atoms with Crippen molar-refractivity contribution in [2.45, 2.75) is 57.5 Å². The number of benzene rings is 3. The van der Waals surface area contributed by atoms with Crippen LogP contribution < -0.4 is 10.1 Å². The molecule has 2 aliphatic rings. The number of methoxy groups -OCH3 is 1. The van der Waals surface area contributed by atoms with Gasteiger partial charge in [0.05, 0.1) is 54.5 Å². The number of carbonyl (C=O) groups excluding carboxylic acids is 1. The lowest BCUT2D eigenvalue weighted by atomic mass is 9.88. The minimum Gasteiger partial charge on any atom is -0.489 e. The molecular weight excluding hydrogens is 523 g/mol. The summed E-state index contributed by atoms with van der Waals surface area (Å²) in [4.78, 5) is 17.0. The van der Waals surface area contributed by atoms with Crippen molar-refractivity contribution < 1.29 is 23.4 Å². The molecule has 1 fully saturated rings. The summed E-state index contributed by atoms with van der Waals surface area (Å²) in [6.07, 6.45) is 3.95. The molecule has 6 rings (SSSR count). The number of imidazole rings is 1. The van der Waals surface area contributed by atoms with E-state index < -0.39 is 5.82 Å². The quantitative estimate of drug-likeness (QED) is 0.296. The Morgan fingerprint density at radius 2 is 2.05 bits per heavy atom. The number of nitrogens with zero attached hydrogens (tertiary/aromatic N) is 3. The zero-order valence-corrected chi connectivity index (χ0v) is 22.9. The number of ether oxygens (including phenoxy) is 3. The van der Waals surface area contributed by atoms with Gasteiger partial charge in [0, 0.05) is 18.2 Å². The number of halogens is 1. The molecule has 1 aliphatic heterocycles. The van der Waals surface area contributed by atoms with Gasteiger partial charge in [0.15, 0.2) is 0 Å². The maximum absolute atomic E-state index is 14.3. The summed E-state index contributed by atoms with van der Waals surface area (Å²) >= 11 is 0. The summed E-state index contributed by atoms with van der Waals surface area (Å²) in [6, 6.07) is 18.1. The molecule has 3 aromatic carbocycles. The van der Waals surface area contributed by atoms with Gasteiger partial charge in [-0.3, -0.25) is 0 Å². The number of nitriles is 1. The van der Waals surface area contributed by atoms with Gasteiger partial charge in [0.1, 0.15) is 24.0 Å². The van der Waals surface area contributed by atoms with Crippen molar-refractivity contribution in [3.63, 3.8) is 0 Å². The SMILES string of the molecule is COC(=O)c1ccc2nc(CNC3CCc4ccc(OCc5ccc(C#N)cc5F)cc4C3)n(CC3CCO3)c2c1. The predicted octanol–water partition coefficient (Wildman–Crippen LogP) is 4.85. The number of esters is 1. The highest BCUT2D eigenvalue weighted by molar-refractivity contribution is 5.93. The summed E-state index contributed by atoms with van der Waals surface area (Å²) < 4.78 is 33.0. The summed E-state index contributed by atoms with van der Waals surface area (Å²) in [5, 5.41) is 12.7. The largest absolute Gasteiger partial charge is 0.489 e. The number of carbonyl (C=O) groups is 1. The van der Waals surface area contributed by atoms with Gasteiger partial charge in [-0.1, -0.05) is 12.1 Å². The van der Waals surface area contributed by atoms with Crippen LogP contribution in [0.1, 0.15) is 51.3 Å². The molecule has 0 spiro atoms. The van der Waals surface area contributed by atoms with Crippen LogP contribution in [-0.4, -0.2) is 41.4 Å². The molecule has 1 saturated heterocycles.